The maximum atomic E-state index is 13.5. The quantitative estimate of drug-likeness (QED) is 0.500. The van der Waals surface area contributed by atoms with Gasteiger partial charge in [0.05, 0.1) is 16.9 Å². The van der Waals surface area contributed by atoms with Crippen LogP contribution in [0.5, 0.6) is 0 Å². The van der Waals surface area contributed by atoms with E-state index in [0.29, 0.717) is 53.9 Å². The molecular weight excluding hydrogens is 424 g/mol. The van der Waals surface area contributed by atoms with Crippen molar-refractivity contribution in [1.82, 2.24) is 9.55 Å². The minimum atomic E-state index is -0.510. The van der Waals surface area contributed by atoms with Crippen LogP contribution in [0.2, 0.25) is 5.02 Å². The second-order valence-corrected chi connectivity index (χ2v) is 8.87. The molecule has 1 atom stereocenters. The molecule has 5 nitrogen and oxygen atoms in total. The zero-order valence-corrected chi connectivity index (χ0v) is 18.8. The number of hydrogen-bond donors (Lipinski definition) is 0. The molecule has 1 aliphatic carbocycles. The topological polar surface area (TPSA) is 69.0 Å². The van der Waals surface area contributed by atoms with E-state index >= 15 is 0 Å². The number of halogens is 1. The van der Waals surface area contributed by atoms with E-state index in [-0.39, 0.29) is 17.1 Å². The summed E-state index contributed by atoms with van der Waals surface area (Å²) in [6.07, 6.45) is 2.67. The van der Waals surface area contributed by atoms with E-state index in [9.17, 15) is 14.4 Å². The first-order valence-corrected chi connectivity index (χ1v) is 11.2. The lowest BCUT2D eigenvalue weighted by atomic mass is 9.90. The standard InChI is InChI=1S/C26H25ClN2O3/c1-16-6-13-23(24(31)14-16)29-17(2)28-22-5-3-4-19(25(22)26(29)32)9-12-21(30)15-18-7-10-20(27)11-8-18/h3-5,7-8,10-11,23H,1,6,9,12-15H2,2H3. The smallest absolute Gasteiger partial charge is 0.262 e. The van der Waals surface area contributed by atoms with Crippen molar-refractivity contribution >= 4 is 34.1 Å². The average molecular weight is 449 g/mol. The van der Waals surface area contributed by atoms with Gasteiger partial charge in [0.15, 0.2) is 5.78 Å². The fourth-order valence-electron chi connectivity index (χ4n) is 4.42. The van der Waals surface area contributed by atoms with Crippen molar-refractivity contribution in [3.05, 3.63) is 86.9 Å². The third kappa shape index (κ3) is 4.58. The maximum absolute atomic E-state index is 13.5. The van der Waals surface area contributed by atoms with Crippen LogP contribution in [0.3, 0.4) is 0 Å². The van der Waals surface area contributed by atoms with Crippen molar-refractivity contribution < 1.29 is 9.59 Å². The van der Waals surface area contributed by atoms with Gasteiger partial charge < -0.3 is 0 Å². The Morgan fingerprint density at radius 2 is 1.94 bits per heavy atom. The van der Waals surface area contributed by atoms with Gasteiger partial charge in [0.1, 0.15) is 11.6 Å². The van der Waals surface area contributed by atoms with E-state index in [1.807, 2.05) is 24.3 Å². The number of rotatable bonds is 6. The minimum Gasteiger partial charge on any atom is -0.299 e. The van der Waals surface area contributed by atoms with Gasteiger partial charge in [-0.15, -0.1) is 0 Å². The predicted molar refractivity (Wildman–Crippen MR) is 126 cm³/mol. The van der Waals surface area contributed by atoms with E-state index < -0.39 is 6.04 Å². The summed E-state index contributed by atoms with van der Waals surface area (Å²) in [5.41, 5.74) is 2.99. The lowest BCUT2D eigenvalue weighted by Crippen LogP contribution is -2.35. The Bertz CT molecular complexity index is 1270. The summed E-state index contributed by atoms with van der Waals surface area (Å²) < 4.78 is 1.54. The molecule has 1 unspecified atom stereocenters. The molecule has 0 spiro atoms. The normalized spacial score (nSPS) is 16.5. The van der Waals surface area contributed by atoms with Crippen LogP contribution in [0.4, 0.5) is 0 Å². The molecule has 164 valence electrons. The van der Waals surface area contributed by atoms with Gasteiger partial charge in [-0.2, -0.15) is 0 Å². The number of nitrogens with zero attached hydrogens (tertiary/aromatic N) is 2. The lowest BCUT2D eigenvalue weighted by molar-refractivity contribution is -0.122. The minimum absolute atomic E-state index is 0.00298. The zero-order chi connectivity index (χ0) is 22.8. The van der Waals surface area contributed by atoms with Gasteiger partial charge in [-0.05, 0) is 55.5 Å². The highest BCUT2D eigenvalue weighted by molar-refractivity contribution is 6.30. The molecule has 0 amide bonds. The molecule has 6 heteroatoms. The maximum Gasteiger partial charge on any atom is 0.262 e. The summed E-state index contributed by atoms with van der Waals surface area (Å²) >= 11 is 5.91. The highest BCUT2D eigenvalue weighted by Gasteiger charge is 2.28. The van der Waals surface area contributed by atoms with Gasteiger partial charge in [-0.25, -0.2) is 4.98 Å². The van der Waals surface area contributed by atoms with Crippen LogP contribution in [0.15, 0.2) is 59.4 Å². The van der Waals surface area contributed by atoms with Crippen LogP contribution >= 0.6 is 11.6 Å². The number of benzene rings is 2. The Labute approximate surface area is 191 Å². The molecule has 0 radical (unpaired) electrons. The van der Waals surface area contributed by atoms with Crippen LogP contribution in [0, 0.1) is 6.92 Å². The molecule has 0 N–H and O–H groups in total. The van der Waals surface area contributed by atoms with Crippen LogP contribution in [-0.4, -0.2) is 21.1 Å². The molecule has 0 saturated heterocycles. The predicted octanol–water partition coefficient (Wildman–Crippen LogP) is 4.95. The highest BCUT2D eigenvalue weighted by Crippen LogP contribution is 2.28. The van der Waals surface area contributed by atoms with E-state index in [1.54, 1.807) is 25.1 Å². The molecule has 0 aliphatic heterocycles. The third-order valence-electron chi connectivity index (χ3n) is 6.06. The Morgan fingerprint density at radius 3 is 2.66 bits per heavy atom. The van der Waals surface area contributed by atoms with Gasteiger partial charge in [-0.1, -0.05) is 48.0 Å². The molecular formula is C26H25ClN2O3. The number of carbonyl (C=O) groups excluding carboxylic acids is 2. The summed E-state index contributed by atoms with van der Waals surface area (Å²) in [7, 11) is 0. The van der Waals surface area contributed by atoms with Crippen molar-refractivity contribution in [2.24, 2.45) is 0 Å². The second-order valence-electron chi connectivity index (χ2n) is 8.43. The summed E-state index contributed by atoms with van der Waals surface area (Å²) in [4.78, 5) is 43.3. The first kappa shape index (κ1) is 22.2. The number of ketones is 2. The lowest BCUT2D eigenvalue weighted by Gasteiger charge is -2.26. The van der Waals surface area contributed by atoms with Crippen molar-refractivity contribution in [2.45, 2.75) is 51.5 Å². The van der Waals surface area contributed by atoms with Crippen LogP contribution < -0.4 is 5.56 Å². The number of allylic oxidation sites excluding steroid dienone is 1. The fourth-order valence-corrected chi connectivity index (χ4v) is 4.54. The van der Waals surface area contributed by atoms with Gasteiger partial charge in [0, 0.05) is 24.3 Å². The van der Waals surface area contributed by atoms with E-state index in [1.165, 1.54) is 4.57 Å². The highest BCUT2D eigenvalue weighted by atomic mass is 35.5. The summed E-state index contributed by atoms with van der Waals surface area (Å²) in [5, 5.41) is 1.13. The summed E-state index contributed by atoms with van der Waals surface area (Å²) in [6.45, 7) is 5.68. The van der Waals surface area contributed by atoms with E-state index in [4.69, 9.17) is 11.6 Å². The molecule has 1 aliphatic rings. The number of aryl methyl sites for hydroxylation is 2. The largest absolute Gasteiger partial charge is 0.299 e. The van der Waals surface area contributed by atoms with Crippen molar-refractivity contribution in [3.63, 3.8) is 0 Å². The molecule has 1 aromatic heterocycles. The summed E-state index contributed by atoms with van der Waals surface area (Å²) in [6, 6.07) is 12.2. The molecule has 4 rings (SSSR count). The Hall–Kier alpha value is -3.05. The van der Waals surface area contributed by atoms with Crippen molar-refractivity contribution in [3.8, 4) is 0 Å². The zero-order valence-electron chi connectivity index (χ0n) is 18.1. The number of aromatic nitrogens is 2. The van der Waals surface area contributed by atoms with Crippen molar-refractivity contribution in [1.29, 1.82) is 0 Å². The number of hydrogen-bond acceptors (Lipinski definition) is 4. The molecule has 3 aromatic rings. The van der Waals surface area contributed by atoms with E-state index in [0.717, 1.165) is 23.1 Å². The monoisotopic (exact) mass is 448 g/mol. The van der Waals surface area contributed by atoms with Gasteiger partial charge in [0.25, 0.3) is 5.56 Å². The molecule has 32 heavy (non-hydrogen) atoms. The van der Waals surface area contributed by atoms with Crippen LogP contribution in [0.25, 0.3) is 10.9 Å². The number of fused-ring (bicyclic) bond motifs is 1. The van der Waals surface area contributed by atoms with Crippen LogP contribution in [-0.2, 0) is 22.4 Å². The first-order valence-electron chi connectivity index (χ1n) is 10.8. The number of carbonyl (C=O) groups is 2. The Balaban J connectivity index is 1.61. The van der Waals surface area contributed by atoms with Gasteiger partial charge >= 0.3 is 0 Å². The Morgan fingerprint density at radius 1 is 1.19 bits per heavy atom. The molecule has 1 fully saturated rings. The second kappa shape index (κ2) is 9.21. The molecule has 0 bridgehead atoms. The SMILES string of the molecule is C=C1CCC(n2c(C)nc3cccc(CCC(=O)Cc4ccc(Cl)cc4)c3c2=O)C(=O)C1. The van der Waals surface area contributed by atoms with Gasteiger partial charge in [0.2, 0.25) is 0 Å². The Kier molecular flexibility index (Phi) is 6.38. The first-order chi connectivity index (χ1) is 15.3. The molecule has 2 aromatic carbocycles. The van der Waals surface area contributed by atoms with E-state index in [2.05, 4.69) is 11.6 Å². The molecule has 1 heterocycles. The molecule has 1 saturated carbocycles. The fraction of sp³-hybridized carbons (Fsp3) is 0.308. The average Bonchev–Trinajstić information content (AvgIpc) is 2.75. The summed E-state index contributed by atoms with van der Waals surface area (Å²) in [5.74, 6) is 0.623. The number of Topliss-reactive ketones (excluding diaryl/α,β-unsaturated/α-hetero) is 2. The van der Waals surface area contributed by atoms with Crippen LogP contribution in [0.1, 0.15) is 48.7 Å². The van der Waals surface area contributed by atoms with Gasteiger partial charge in [-0.3, -0.25) is 19.0 Å². The van der Waals surface area contributed by atoms with Crippen molar-refractivity contribution in [2.75, 3.05) is 0 Å². The third-order valence-corrected chi connectivity index (χ3v) is 6.31.